The van der Waals surface area contributed by atoms with E-state index < -0.39 is 4.92 Å². The van der Waals surface area contributed by atoms with Gasteiger partial charge < -0.3 is 15.4 Å². The van der Waals surface area contributed by atoms with Gasteiger partial charge in [0.25, 0.3) is 0 Å². The van der Waals surface area contributed by atoms with Crippen molar-refractivity contribution in [2.24, 2.45) is 0 Å². The molecule has 2 aromatic carbocycles. The van der Waals surface area contributed by atoms with E-state index >= 15 is 0 Å². The predicted molar refractivity (Wildman–Crippen MR) is 104 cm³/mol. The molecule has 27 heavy (non-hydrogen) atoms. The van der Waals surface area contributed by atoms with Gasteiger partial charge in [0, 0.05) is 23.3 Å². The van der Waals surface area contributed by atoms with E-state index in [2.05, 4.69) is 20.6 Å². The number of hydrogen-bond donors (Lipinski definition) is 2. The van der Waals surface area contributed by atoms with Crippen molar-refractivity contribution in [3.8, 4) is 5.75 Å². The minimum atomic E-state index is -0.521. The van der Waals surface area contributed by atoms with Crippen molar-refractivity contribution < 1.29 is 9.66 Å². The summed E-state index contributed by atoms with van der Waals surface area (Å²) in [6, 6.07) is 14.2. The number of benzene rings is 2. The van der Waals surface area contributed by atoms with Gasteiger partial charge in [-0.15, -0.1) is 0 Å². The third-order valence-corrected chi connectivity index (χ3v) is 3.96. The van der Waals surface area contributed by atoms with Crippen molar-refractivity contribution in [3.05, 3.63) is 75.6 Å². The average molecular weight is 386 g/mol. The Hall–Kier alpha value is -3.39. The molecule has 0 spiro atoms. The number of aromatic nitrogens is 2. The molecular formula is C18H16ClN5O3. The molecule has 1 aromatic heterocycles. The van der Waals surface area contributed by atoms with E-state index in [9.17, 15) is 10.1 Å². The van der Waals surface area contributed by atoms with Gasteiger partial charge in [0.1, 0.15) is 12.1 Å². The monoisotopic (exact) mass is 385 g/mol. The average Bonchev–Trinajstić information content (AvgIpc) is 2.67. The second-order valence-corrected chi connectivity index (χ2v) is 5.95. The lowest BCUT2D eigenvalue weighted by Crippen LogP contribution is -2.08. The highest BCUT2D eigenvalue weighted by molar-refractivity contribution is 6.30. The molecule has 138 valence electrons. The van der Waals surface area contributed by atoms with Crippen LogP contribution in [0.2, 0.25) is 5.02 Å². The molecule has 0 unspecified atom stereocenters. The Balaban J connectivity index is 1.85. The molecule has 8 nitrogen and oxygen atoms in total. The number of anilines is 3. The fourth-order valence-electron chi connectivity index (χ4n) is 2.40. The van der Waals surface area contributed by atoms with Crippen LogP contribution < -0.4 is 15.4 Å². The summed E-state index contributed by atoms with van der Waals surface area (Å²) in [6.45, 7) is 0.355. The molecule has 0 radical (unpaired) electrons. The molecule has 3 aromatic rings. The van der Waals surface area contributed by atoms with E-state index in [0.29, 0.717) is 23.0 Å². The van der Waals surface area contributed by atoms with E-state index in [1.165, 1.54) is 6.33 Å². The maximum Gasteiger partial charge on any atom is 0.353 e. The smallest absolute Gasteiger partial charge is 0.353 e. The van der Waals surface area contributed by atoms with Crippen LogP contribution in [0.3, 0.4) is 0 Å². The molecule has 3 rings (SSSR count). The molecule has 0 aliphatic carbocycles. The van der Waals surface area contributed by atoms with E-state index in [0.717, 1.165) is 5.56 Å². The second kappa shape index (κ2) is 8.33. The number of hydrogen-bond acceptors (Lipinski definition) is 7. The first-order valence-electron chi connectivity index (χ1n) is 7.95. The lowest BCUT2D eigenvalue weighted by Gasteiger charge is -2.11. The minimum Gasteiger partial charge on any atom is -0.497 e. The van der Waals surface area contributed by atoms with E-state index in [1.807, 2.05) is 12.1 Å². The molecule has 0 saturated carbocycles. The molecule has 0 saturated heterocycles. The molecule has 0 amide bonds. The standard InChI is InChI=1S/C18H16ClN5O3/c1-27-15-4-2-3-14(9-15)23-18-16(24(25)26)17(21-11-22-18)20-10-12-5-7-13(19)8-6-12/h2-9,11H,10H2,1H3,(H2,20,21,22,23). The number of nitrogens with zero attached hydrogens (tertiary/aromatic N) is 3. The summed E-state index contributed by atoms with van der Waals surface area (Å²) in [5.74, 6) is 0.829. The van der Waals surface area contributed by atoms with Crippen molar-refractivity contribution in [2.75, 3.05) is 17.7 Å². The van der Waals surface area contributed by atoms with Crippen molar-refractivity contribution >= 4 is 34.6 Å². The van der Waals surface area contributed by atoms with Crippen molar-refractivity contribution in [1.82, 2.24) is 9.97 Å². The SMILES string of the molecule is COc1cccc(Nc2ncnc(NCc3ccc(Cl)cc3)c2[N+](=O)[O-])c1. The van der Waals surface area contributed by atoms with E-state index in [-0.39, 0.29) is 17.3 Å². The normalized spacial score (nSPS) is 10.3. The molecule has 0 aliphatic rings. The summed E-state index contributed by atoms with van der Waals surface area (Å²) < 4.78 is 5.16. The Kier molecular flexibility index (Phi) is 5.68. The zero-order chi connectivity index (χ0) is 19.2. The number of nitro groups is 1. The number of rotatable bonds is 7. The Morgan fingerprint density at radius 1 is 1.15 bits per heavy atom. The van der Waals surface area contributed by atoms with Gasteiger partial charge in [-0.3, -0.25) is 10.1 Å². The quantitative estimate of drug-likeness (QED) is 0.459. The molecule has 0 fully saturated rings. The Morgan fingerprint density at radius 2 is 1.89 bits per heavy atom. The molecule has 1 heterocycles. The minimum absolute atomic E-state index is 0.0851. The molecule has 2 N–H and O–H groups in total. The molecule has 0 aliphatic heterocycles. The lowest BCUT2D eigenvalue weighted by molar-refractivity contribution is -0.383. The number of nitrogens with one attached hydrogen (secondary N) is 2. The zero-order valence-electron chi connectivity index (χ0n) is 14.3. The number of halogens is 1. The van der Waals surface area contributed by atoms with Crippen molar-refractivity contribution in [3.63, 3.8) is 0 Å². The maximum atomic E-state index is 11.6. The van der Waals surface area contributed by atoms with Crippen molar-refractivity contribution in [1.29, 1.82) is 0 Å². The third kappa shape index (κ3) is 4.62. The maximum absolute atomic E-state index is 11.6. The van der Waals surface area contributed by atoms with Crippen LogP contribution in [0.4, 0.5) is 23.0 Å². The summed E-state index contributed by atoms with van der Waals surface area (Å²) in [4.78, 5) is 19.1. The number of ether oxygens (including phenoxy) is 1. The highest BCUT2D eigenvalue weighted by atomic mass is 35.5. The van der Waals surface area contributed by atoms with Gasteiger partial charge >= 0.3 is 5.69 Å². The first-order chi connectivity index (χ1) is 13.1. The third-order valence-electron chi connectivity index (χ3n) is 3.71. The Bertz CT molecular complexity index is 950. The van der Waals surface area contributed by atoms with E-state index in [1.54, 1.807) is 43.5 Å². The van der Waals surface area contributed by atoms with Crippen LogP contribution in [0, 0.1) is 10.1 Å². The summed E-state index contributed by atoms with van der Waals surface area (Å²) in [7, 11) is 1.55. The van der Waals surface area contributed by atoms with Crippen LogP contribution in [0.1, 0.15) is 5.56 Å². The zero-order valence-corrected chi connectivity index (χ0v) is 15.1. The van der Waals surface area contributed by atoms with Crippen LogP contribution in [-0.4, -0.2) is 22.0 Å². The van der Waals surface area contributed by atoms with Gasteiger partial charge in [0.2, 0.25) is 11.6 Å². The predicted octanol–water partition coefficient (Wildman–Crippen LogP) is 4.40. The first kappa shape index (κ1) is 18.4. The summed E-state index contributed by atoms with van der Waals surface area (Å²) in [6.07, 6.45) is 1.26. The summed E-state index contributed by atoms with van der Waals surface area (Å²) in [5.41, 5.74) is 1.28. The topological polar surface area (TPSA) is 102 Å². The van der Waals surface area contributed by atoms with Crippen LogP contribution >= 0.6 is 11.6 Å². The fourth-order valence-corrected chi connectivity index (χ4v) is 2.52. The Morgan fingerprint density at radius 3 is 2.59 bits per heavy atom. The highest BCUT2D eigenvalue weighted by Crippen LogP contribution is 2.32. The van der Waals surface area contributed by atoms with Crippen LogP contribution in [-0.2, 0) is 6.54 Å². The molecule has 0 bridgehead atoms. The first-order valence-corrected chi connectivity index (χ1v) is 8.33. The molecular weight excluding hydrogens is 370 g/mol. The lowest BCUT2D eigenvalue weighted by atomic mass is 10.2. The Labute approximate surface area is 160 Å². The number of methoxy groups -OCH3 is 1. The van der Waals surface area contributed by atoms with Gasteiger partial charge in [-0.05, 0) is 29.8 Å². The van der Waals surface area contributed by atoms with Gasteiger partial charge in [0.05, 0.1) is 12.0 Å². The summed E-state index contributed by atoms with van der Waals surface area (Å²) >= 11 is 5.87. The molecule has 9 heteroatoms. The molecule has 0 atom stereocenters. The highest BCUT2D eigenvalue weighted by Gasteiger charge is 2.23. The van der Waals surface area contributed by atoms with Crippen LogP contribution in [0.5, 0.6) is 5.75 Å². The van der Waals surface area contributed by atoms with Gasteiger partial charge in [-0.25, -0.2) is 9.97 Å². The van der Waals surface area contributed by atoms with Gasteiger partial charge in [-0.2, -0.15) is 0 Å². The largest absolute Gasteiger partial charge is 0.497 e. The van der Waals surface area contributed by atoms with E-state index in [4.69, 9.17) is 16.3 Å². The van der Waals surface area contributed by atoms with Crippen molar-refractivity contribution in [2.45, 2.75) is 6.54 Å². The van der Waals surface area contributed by atoms with Crippen LogP contribution in [0.15, 0.2) is 54.9 Å². The second-order valence-electron chi connectivity index (χ2n) is 5.51. The fraction of sp³-hybridized carbons (Fsp3) is 0.111. The van der Waals surface area contributed by atoms with Gasteiger partial charge in [0.15, 0.2) is 0 Å². The van der Waals surface area contributed by atoms with Gasteiger partial charge in [-0.1, -0.05) is 29.8 Å². The summed E-state index contributed by atoms with van der Waals surface area (Å²) in [5, 5.41) is 18.2. The van der Waals surface area contributed by atoms with Crippen LogP contribution in [0.25, 0.3) is 0 Å².